The summed E-state index contributed by atoms with van der Waals surface area (Å²) in [4.78, 5) is 21.4. The van der Waals surface area contributed by atoms with Gasteiger partial charge in [0.05, 0.1) is 6.04 Å². The molecular weight excluding hydrogens is 368 g/mol. The molecular formula is C22H32N4OS. The summed E-state index contributed by atoms with van der Waals surface area (Å²) in [5, 5.41) is 6.31. The molecule has 0 bridgehead atoms. The molecule has 1 aromatic heterocycles. The van der Waals surface area contributed by atoms with Crippen LogP contribution in [0.25, 0.3) is 0 Å². The molecule has 2 amide bonds. The summed E-state index contributed by atoms with van der Waals surface area (Å²) >= 11 is 1.65. The monoisotopic (exact) mass is 400 g/mol. The molecule has 0 radical (unpaired) electrons. The maximum atomic E-state index is 12.9. The minimum atomic E-state index is 0.0255. The molecule has 1 unspecified atom stereocenters. The van der Waals surface area contributed by atoms with E-state index in [1.54, 1.807) is 11.3 Å². The van der Waals surface area contributed by atoms with Crippen molar-refractivity contribution in [1.82, 2.24) is 15.2 Å². The third-order valence-corrected chi connectivity index (χ3v) is 6.02. The number of nitrogens with one attached hydrogen (secondary N) is 1. The molecule has 1 fully saturated rings. The molecule has 3 rings (SSSR count). The van der Waals surface area contributed by atoms with Gasteiger partial charge in [-0.2, -0.15) is 0 Å². The van der Waals surface area contributed by atoms with Gasteiger partial charge < -0.3 is 15.1 Å². The lowest BCUT2D eigenvalue weighted by atomic mass is 9.94. The van der Waals surface area contributed by atoms with E-state index in [-0.39, 0.29) is 12.1 Å². The Kier molecular flexibility index (Phi) is 6.94. The van der Waals surface area contributed by atoms with Crippen LogP contribution in [0.3, 0.4) is 0 Å². The van der Waals surface area contributed by atoms with E-state index in [4.69, 9.17) is 0 Å². The van der Waals surface area contributed by atoms with Gasteiger partial charge in [-0.3, -0.25) is 0 Å². The number of thiazole rings is 1. The quantitative estimate of drug-likeness (QED) is 0.773. The number of benzene rings is 1. The fourth-order valence-electron chi connectivity index (χ4n) is 3.66. The highest BCUT2D eigenvalue weighted by molar-refractivity contribution is 7.13. The first-order chi connectivity index (χ1) is 13.4. The molecule has 5 nitrogen and oxygen atoms in total. The van der Waals surface area contributed by atoms with Crippen LogP contribution in [-0.4, -0.2) is 42.1 Å². The molecule has 1 aliphatic rings. The van der Waals surface area contributed by atoms with Crippen molar-refractivity contribution in [2.24, 2.45) is 11.8 Å². The fraction of sp³-hybridized carbons (Fsp3) is 0.545. The topological polar surface area (TPSA) is 48.5 Å². The Bertz CT molecular complexity index is 734. The van der Waals surface area contributed by atoms with Crippen molar-refractivity contribution in [3.8, 4) is 0 Å². The summed E-state index contributed by atoms with van der Waals surface area (Å²) in [6.45, 7) is 11.9. The van der Waals surface area contributed by atoms with Crippen LogP contribution >= 0.6 is 11.3 Å². The molecule has 1 aromatic carbocycles. The number of aromatic nitrogens is 1. The van der Waals surface area contributed by atoms with Crippen molar-refractivity contribution < 1.29 is 4.79 Å². The van der Waals surface area contributed by atoms with Crippen LogP contribution in [0, 0.1) is 11.8 Å². The van der Waals surface area contributed by atoms with E-state index in [0.29, 0.717) is 11.8 Å². The average Bonchev–Trinajstić information content (AvgIpc) is 3.21. The van der Waals surface area contributed by atoms with Gasteiger partial charge in [-0.25, -0.2) is 9.78 Å². The number of carbonyl (C=O) groups is 1. The van der Waals surface area contributed by atoms with Gasteiger partial charge in [0.15, 0.2) is 5.13 Å². The summed E-state index contributed by atoms with van der Waals surface area (Å²) in [5.74, 6) is 0.978. The lowest BCUT2D eigenvalue weighted by Gasteiger charge is -2.36. The van der Waals surface area contributed by atoms with Crippen LogP contribution in [-0.2, 0) is 6.42 Å². The predicted octanol–water partition coefficient (Wildman–Crippen LogP) is 4.57. The number of hydrogen-bond acceptors (Lipinski definition) is 4. The van der Waals surface area contributed by atoms with Crippen molar-refractivity contribution in [3.63, 3.8) is 0 Å². The fourth-order valence-corrected chi connectivity index (χ4v) is 4.36. The molecule has 0 spiro atoms. The number of anilines is 1. The first-order valence-electron chi connectivity index (χ1n) is 10.2. The first-order valence-corrected chi connectivity index (χ1v) is 11.1. The Hall–Kier alpha value is -2.08. The minimum absolute atomic E-state index is 0.0255. The van der Waals surface area contributed by atoms with E-state index in [1.165, 1.54) is 11.1 Å². The first kappa shape index (κ1) is 20.6. The minimum Gasteiger partial charge on any atom is -0.345 e. The smallest absolute Gasteiger partial charge is 0.318 e. The molecule has 2 aromatic rings. The van der Waals surface area contributed by atoms with Crippen LogP contribution in [0.5, 0.6) is 0 Å². The number of hydrogen-bond donors (Lipinski definition) is 1. The molecule has 2 heterocycles. The van der Waals surface area contributed by atoms with Crippen LogP contribution in [0.2, 0.25) is 0 Å². The highest BCUT2D eigenvalue weighted by atomic mass is 32.1. The number of urea groups is 1. The Balaban J connectivity index is 1.59. The number of piperazine rings is 1. The van der Waals surface area contributed by atoms with Gasteiger partial charge in [0, 0.05) is 37.8 Å². The second kappa shape index (κ2) is 9.41. The van der Waals surface area contributed by atoms with Gasteiger partial charge in [0.2, 0.25) is 0 Å². The van der Waals surface area contributed by atoms with Gasteiger partial charge in [0.25, 0.3) is 0 Å². The largest absolute Gasteiger partial charge is 0.345 e. The third-order valence-electron chi connectivity index (χ3n) is 5.19. The maximum Gasteiger partial charge on any atom is 0.318 e. The molecule has 152 valence electrons. The maximum absolute atomic E-state index is 12.9. The second-order valence-electron chi connectivity index (χ2n) is 8.30. The molecule has 1 N–H and O–H groups in total. The highest BCUT2D eigenvalue weighted by Gasteiger charge is 2.25. The van der Waals surface area contributed by atoms with Gasteiger partial charge in [-0.05, 0) is 29.4 Å². The van der Waals surface area contributed by atoms with Crippen molar-refractivity contribution >= 4 is 22.5 Å². The summed E-state index contributed by atoms with van der Waals surface area (Å²) in [5.41, 5.74) is 2.53. The third kappa shape index (κ3) is 5.25. The Morgan fingerprint density at radius 1 is 1.11 bits per heavy atom. The number of nitrogens with zero attached hydrogens (tertiary/aromatic N) is 3. The van der Waals surface area contributed by atoms with Crippen molar-refractivity contribution in [2.75, 3.05) is 31.1 Å². The van der Waals surface area contributed by atoms with Gasteiger partial charge >= 0.3 is 6.03 Å². The SMILES string of the molecule is CC(C)Cc1ccc(C(NC(=O)N2CCN(c3nccs3)CC2)C(C)C)cc1. The molecule has 1 atom stereocenters. The molecule has 0 saturated carbocycles. The van der Waals surface area contributed by atoms with Crippen LogP contribution in [0.1, 0.15) is 44.9 Å². The summed E-state index contributed by atoms with van der Waals surface area (Å²) in [7, 11) is 0. The van der Waals surface area contributed by atoms with E-state index in [9.17, 15) is 4.79 Å². The summed E-state index contributed by atoms with van der Waals surface area (Å²) < 4.78 is 0. The van der Waals surface area contributed by atoms with Gasteiger partial charge in [-0.15, -0.1) is 11.3 Å². The predicted molar refractivity (Wildman–Crippen MR) is 117 cm³/mol. The Labute approximate surface area is 172 Å². The van der Waals surface area contributed by atoms with Crippen molar-refractivity contribution in [2.45, 2.75) is 40.2 Å². The average molecular weight is 401 g/mol. The number of carbonyl (C=O) groups excluding carboxylic acids is 1. The number of amides is 2. The normalized spacial score (nSPS) is 15.9. The van der Waals surface area contributed by atoms with E-state index in [0.717, 1.165) is 37.7 Å². The molecule has 28 heavy (non-hydrogen) atoms. The lowest BCUT2D eigenvalue weighted by Crippen LogP contribution is -2.52. The summed E-state index contributed by atoms with van der Waals surface area (Å²) in [6.07, 6.45) is 2.92. The van der Waals surface area contributed by atoms with Crippen molar-refractivity contribution in [1.29, 1.82) is 0 Å². The molecule has 1 saturated heterocycles. The second-order valence-corrected chi connectivity index (χ2v) is 9.17. The van der Waals surface area contributed by atoms with E-state index >= 15 is 0 Å². The van der Waals surface area contributed by atoms with E-state index < -0.39 is 0 Å². The van der Waals surface area contributed by atoms with Gasteiger partial charge in [-0.1, -0.05) is 52.0 Å². The standard InChI is InChI=1S/C22H32N4OS/c1-16(2)15-18-5-7-19(8-6-18)20(17(3)4)24-21(27)25-10-12-26(13-11-25)22-23-9-14-28-22/h5-9,14,16-17,20H,10-13,15H2,1-4H3,(H,24,27). The molecule has 1 aliphatic heterocycles. The molecule has 6 heteroatoms. The lowest BCUT2D eigenvalue weighted by molar-refractivity contribution is 0.186. The zero-order valence-corrected chi connectivity index (χ0v) is 18.2. The van der Waals surface area contributed by atoms with Gasteiger partial charge in [0.1, 0.15) is 0 Å². The zero-order valence-electron chi connectivity index (χ0n) is 17.4. The summed E-state index contributed by atoms with van der Waals surface area (Å²) in [6, 6.07) is 8.79. The highest BCUT2D eigenvalue weighted by Crippen LogP contribution is 2.24. The van der Waals surface area contributed by atoms with Crippen LogP contribution in [0.15, 0.2) is 35.8 Å². The zero-order chi connectivity index (χ0) is 20.1. The van der Waals surface area contributed by atoms with Crippen LogP contribution in [0.4, 0.5) is 9.93 Å². The molecule has 0 aliphatic carbocycles. The number of rotatable bonds is 6. The Morgan fingerprint density at radius 3 is 2.32 bits per heavy atom. The van der Waals surface area contributed by atoms with Crippen molar-refractivity contribution in [3.05, 3.63) is 47.0 Å². The van der Waals surface area contributed by atoms with Crippen LogP contribution < -0.4 is 10.2 Å². The van der Waals surface area contributed by atoms with E-state index in [1.807, 2.05) is 16.5 Å². The Morgan fingerprint density at radius 2 is 1.79 bits per heavy atom. The van der Waals surface area contributed by atoms with E-state index in [2.05, 4.69) is 67.2 Å².